The molecule has 0 aliphatic heterocycles. The molecule has 0 heterocycles. The quantitative estimate of drug-likeness (QED) is 0.534. The van der Waals surface area contributed by atoms with Crippen molar-refractivity contribution in [3.8, 4) is 6.07 Å². The van der Waals surface area contributed by atoms with Crippen molar-refractivity contribution in [1.82, 2.24) is 0 Å². The van der Waals surface area contributed by atoms with Gasteiger partial charge in [0.05, 0.1) is 18.1 Å². The van der Waals surface area contributed by atoms with E-state index in [0.717, 1.165) is 0 Å². The molecule has 70 valence electrons. The second-order valence-electron chi connectivity index (χ2n) is 2.96. The molecule has 3 nitrogen and oxygen atoms in total. The van der Waals surface area contributed by atoms with Gasteiger partial charge in [0.15, 0.2) is 5.78 Å². The van der Waals surface area contributed by atoms with Crippen molar-refractivity contribution < 1.29 is 9.59 Å². The number of nitriles is 1. The molecule has 0 aliphatic carbocycles. The van der Waals surface area contributed by atoms with E-state index in [1.807, 2.05) is 6.07 Å². The first-order valence-electron chi connectivity index (χ1n) is 4.17. The molecule has 0 unspecified atom stereocenters. The Morgan fingerprint density at radius 2 is 2.00 bits per heavy atom. The summed E-state index contributed by atoms with van der Waals surface area (Å²) in [6, 6.07) is 8.40. The van der Waals surface area contributed by atoms with Gasteiger partial charge in [-0.2, -0.15) is 5.26 Å². The molecule has 0 N–H and O–H groups in total. The summed E-state index contributed by atoms with van der Waals surface area (Å²) in [6.07, 6.45) is -0.140. The van der Waals surface area contributed by atoms with Crippen molar-refractivity contribution in [3.63, 3.8) is 0 Å². The molecule has 0 atom stereocenters. The zero-order chi connectivity index (χ0) is 10.6. The average molecular weight is 187 g/mol. The van der Waals surface area contributed by atoms with Gasteiger partial charge in [0.1, 0.15) is 5.78 Å². The highest BCUT2D eigenvalue weighted by Crippen LogP contribution is 2.10. The van der Waals surface area contributed by atoms with E-state index in [1.54, 1.807) is 24.3 Å². The van der Waals surface area contributed by atoms with Crippen LogP contribution >= 0.6 is 0 Å². The zero-order valence-electron chi connectivity index (χ0n) is 7.78. The Balaban J connectivity index is 3.01. The van der Waals surface area contributed by atoms with E-state index in [-0.39, 0.29) is 18.0 Å². The third-order valence-corrected chi connectivity index (χ3v) is 1.76. The predicted octanol–water partition coefficient (Wildman–Crippen LogP) is 1.72. The number of Topliss-reactive ketones (excluding diaryl/α,β-unsaturated/α-hetero) is 2. The standard InChI is InChI=1S/C11H9NO2/c1-8(13)6-11(14)10-5-3-2-4-9(10)7-12/h2-5H,6H2,1H3. The summed E-state index contributed by atoms with van der Waals surface area (Å²) < 4.78 is 0. The van der Waals surface area contributed by atoms with E-state index in [9.17, 15) is 9.59 Å². The van der Waals surface area contributed by atoms with Crippen LogP contribution in [0.5, 0.6) is 0 Å². The minimum absolute atomic E-state index is 0.140. The number of carbonyl (C=O) groups is 2. The second-order valence-corrected chi connectivity index (χ2v) is 2.96. The summed E-state index contributed by atoms with van der Waals surface area (Å²) >= 11 is 0. The normalized spacial score (nSPS) is 9.14. The minimum atomic E-state index is -0.297. The van der Waals surface area contributed by atoms with Crippen LogP contribution in [0.3, 0.4) is 0 Å². The van der Waals surface area contributed by atoms with Crippen LogP contribution in [0.4, 0.5) is 0 Å². The van der Waals surface area contributed by atoms with E-state index in [2.05, 4.69) is 0 Å². The lowest BCUT2D eigenvalue weighted by atomic mass is 10.0. The zero-order valence-corrected chi connectivity index (χ0v) is 7.78. The molecule has 0 amide bonds. The monoisotopic (exact) mass is 187 g/mol. The van der Waals surface area contributed by atoms with Crippen LogP contribution in [0, 0.1) is 11.3 Å². The van der Waals surface area contributed by atoms with Crippen molar-refractivity contribution >= 4 is 11.6 Å². The van der Waals surface area contributed by atoms with E-state index in [1.165, 1.54) is 6.92 Å². The molecule has 0 radical (unpaired) electrons. The molecule has 1 aromatic carbocycles. The molecule has 0 saturated carbocycles. The maximum Gasteiger partial charge on any atom is 0.171 e. The lowest BCUT2D eigenvalue weighted by Gasteiger charge is -1.99. The molecule has 0 saturated heterocycles. The molecular formula is C11H9NO2. The van der Waals surface area contributed by atoms with E-state index < -0.39 is 0 Å². The Kier molecular flexibility index (Phi) is 3.14. The number of ketones is 2. The van der Waals surface area contributed by atoms with Crippen molar-refractivity contribution in [1.29, 1.82) is 5.26 Å². The number of hydrogen-bond acceptors (Lipinski definition) is 3. The Bertz CT molecular complexity index is 416. The molecule has 0 fully saturated rings. The van der Waals surface area contributed by atoms with Crippen LogP contribution in [0.1, 0.15) is 29.3 Å². The SMILES string of the molecule is CC(=O)CC(=O)c1ccccc1C#N. The van der Waals surface area contributed by atoms with Crippen molar-refractivity contribution in [2.75, 3.05) is 0 Å². The fourth-order valence-electron chi connectivity index (χ4n) is 1.15. The molecular weight excluding hydrogens is 178 g/mol. The van der Waals surface area contributed by atoms with Gasteiger partial charge in [-0.25, -0.2) is 0 Å². The molecule has 3 heteroatoms. The predicted molar refractivity (Wildman–Crippen MR) is 50.8 cm³/mol. The summed E-state index contributed by atoms with van der Waals surface area (Å²) in [4.78, 5) is 22.2. The topological polar surface area (TPSA) is 57.9 Å². The molecule has 1 rings (SSSR count). The summed E-state index contributed by atoms with van der Waals surface area (Å²) in [6.45, 7) is 1.35. The molecule has 0 aromatic heterocycles. The van der Waals surface area contributed by atoms with E-state index in [4.69, 9.17) is 5.26 Å². The van der Waals surface area contributed by atoms with Gasteiger partial charge in [0.25, 0.3) is 0 Å². The van der Waals surface area contributed by atoms with Gasteiger partial charge in [0.2, 0.25) is 0 Å². The van der Waals surface area contributed by atoms with Crippen LogP contribution in [-0.2, 0) is 4.79 Å². The summed E-state index contributed by atoms with van der Waals surface area (Å²) in [5, 5.41) is 8.71. The van der Waals surface area contributed by atoms with E-state index in [0.29, 0.717) is 11.1 Å². The van der Waals surface area contributed by atoms with E-state index >= 15 is 0 Å². The largest absolute Gasteiger partial charge is 0.300 e. The highest BCUT2D eigenvalue weighted by atomic mass is 16.1. The second kappa shape index (κ2) is 4.33. The fourth-order valence-corrected chi connectivity index (χ4v) is 1.15. The van der Waals surface area contributed by atoms with Gasteiger partial charge in [-0.05, 0) is 13.0 Å². The lowest BCUT2D eigenvalue weighted by Crippen LogP contribution is -2.06. The van der Waals surface area contributed by atoms with Crippen LogP contribution in [0.15, 0.2) is 24.3 Å². The first-order chi connectivity index (χ1) is 6.65. The van der Waals surface area contributed by atoms with Gasteiger partial charge in [-0.3, -0.25) is 9.59 Å². The highest BCUT2D eigenvalue weighted by molar-refractivity contribution is 6.08. The highest BCUT2D eigenvalue weighted by Gasteiger charge is 2.11. The number of nitrogens with zero attached hydrogens (tertiary/aromatic N) is 1. The Morgan fingerprint density at radius 1 is 1.36 bits per heavy atom. The number of benzene rings is 1. The number of hydrogen-bond donors (Lipinski definition) is 0. The minimum Gasteiger partial charge on any atom is -0.300 e. The van der Waals surface area contributed by atoms with Crippen LogP contribution in [0.25, 0.3) is 0 Å². The lowest BCUT2D eigenvalue weighted by molar-refractivity contribution is -0.116. The third-order valence-electron chi connectivity index (χ3n) is 1.76. The fraction of sp³-hybridized carbons (Fsp3) is 0.182. The van der Waals surface area contributed by atoms with Gasteiger partial charge >= 0.3 is 0 Å². The Morgan fingerprint density at radius 3 is 2.57 bits per heavy atom. The third kappa shape index (κ3) is 2.27. The molecule has 0 spiro atoms. The van der Waals surface area contributed by atoms with Crippen LogP contribution in [0.2, 0.25) is 0 Å². The van der Waals surface area contributed by atoms with Crippen molar-refractivity contribution in [3.05, 3.63) is 35.4 Å². The molecule has 1 aromatic rings. The summed E-state index contributed by atoms with van der Waals surface area (Å²) in [7, 11) is 0. The molecule has 0 bridgehead atoms. The number of rotatable bonds is 3. The average Bonchev–Trinajstić information content (AvgIpc) is 2.16. The maximum absolute atomic E-state index is 11.5. The summed E-state index contributed by atoms with van der Waals surface area (Å²) in [5.74, 6) is -0.489. The van der Waals surface area contributed by atoms with Crippen molar-refractivity contribution in [2.45, 2.75) is 13.3 Å². The Labute approximate surface area is 82.0 Å². The van der Waals surface area contributed by atoms with Gasteiger partial charge in [-0.15, -0.1) is 0 Å². The van der Waals surface area contributed by atoms with Crippen LogP contribution < -0.4 is 0 Å². The molecule has 14 heavy (non-hydrogen) atoms. The maximum atomic E-state index is 11.5. The Hall–Kier alpha value is -1.95. The first-order valence-corrected chi connectivity index (χ1v) is 4.17. The molecule has 0 aliphatic rings. The van der Waals surface area contributed by atoms with Crippen molar-refractivity contribution in [2.24, 2.45) is 0 Å². The first kappa shape index (κ1) is 10.1. The summed E-state index contributed by atoms with van der Waals surface area (Å²) in [5.41, 5.74) is 0.643. The van der Waals surface area contributed by atoms with Gasteiger partial charge in [-0.1, -0.05) is 18.2 Å². The number of carbonyl (C=O) groups excluding carboxylic acids is 2. The van der Waals surface area contributed by atoms with Gasteiger partial charge in [0, 0.05) is 5.56 Å². The van der Waals surface area contributed by atoms with Crippen LogP contribution in [-0.4, -0.2) is 11.6 Å². The smallest absolute Gasteiger partial charge is 0.171 e. The van der Waals surface area contributed by atoms with Gasteiger partial charge < -0.3 is 0 Å².